The Morgan fingerprint density at radius 3 is 2.86 bits per heavy atom. The van der Waals surface area contributed by atoms with Gasteiger partial charge >= 0.3 is 6.01 Å². The molecule has 0 aromatic carbocycles. The lowest BCUT2D eigenvalue weighted by Gasteiger charge is -2.31. The number of tetrazole rings is 1. The van der Waals surface area contributed by atoms with Crippen molar-refractivity contribution >= 4 is 6.01 Å². The van der Waals surface area contributed by atoms with E-state index in [1.807, 2.05) is 13.0 Å². The Bertz CT molecular complexity index is 1130. The Morgan fingerprint density at radius 2 is 2.14 bits per heavy atom. The Labute approximate surface area is 204 Å². The number of aryl methyl sites for hydroxylation is 1. The quantitative estimate of drug-likeness (QED) is 0.379. The number of methoxy groups -OCH3 is 1. The lowest BCUT2D eigenvalue weighted by atomic mass is 9.86. The number of nitrogens with zero attached hydrogens (tertiary/aromatic N) is 8. The summed E-state index contributed by atoms with van der Waals surface area (Å²) in [5, 5.41) is 15.3. The van der Waals surface area contributed by atoms with Crippen LogP contribution >= 0.6 is 0 Å². The molecule has 2 unspecified atom stereocenters. The number of allylic oxidation sites excluding steroid dienone is 1. The van der Waals surface area contributed by atoms with Gasteiger partial charge in [0.05, 0.1) is 25.1 Å². The maximum atomic E-state index is 6.06. The van der Waals surface area contributed by atoms with Gasteiger partial charge in [0.1, 0.15) is 6.33 Å². The first-order valence-corrected chi connectivity index (χ1v) is 12.1. The van der Waals surface area contributed by atoms with E-state index in [4.69, 9.17) is 14.0 Å². The number of aromatic nitrogens is 7. The van der Waals surface area contributed by atoms with E-state index in [1.165, 1.54) is 6.42 Å². The normalized spacial score (nSPS) is 22.3. The molecule has 11 nitrogen and oxygen atoms in total. The van der Waals surface area contributed by atoms with E-state index in [9.17, 15) is 0 Å². The zero-order valence-corrected chi connectivity index (χ0v) is 20.3. The molecule has 1 aliphatic heterocycles. The largest absolute Gasteiger partial charge is 0.477 e. The summed E-state index contributed by atoms with van der Waals surface area (Å²) in [4.78, 5) is 11.2. The van der Waals surface area contributed by atoms with E-state index >= 15 is 0 Å². The van der Waals surface area contributed by atoms with Crippen LogP contribution in [0.15, 0.2) is 35.8 Å². The molecule has 0 radical (unpaired) electrons. The third-order valence-electron chi connectivity index (χ3n) is 7.39. The second kappa shape index (κ2) is 10.1. The molecule has 3 aromatic rings. The lowest BCUT2D eigenvalue weighted by Crippen LogP contribution is -2.35. The van der Waals surface area contributed by atoms with Gasteiger partial charge in [0.2, 0.25) is 5.88 Å². The number of ether oxygens (including phenoxy) is 2. The zero-order valence-electron chi connectivity index (χ0n) is 20.3. The molecule has 4 heterocycles. The predicted octanol–water partition coefficient (Wildman–Crippen LogP) is 2.82. The summed E-state index contributed by atoms with van der Waals surface area (Å²) in [5.41, 5.74) is 1.92. The molecule has 1 saturated heterocycles. The first-order valence-electron chi connectivity index (χ1n) is 12.1. The van der Waals surface area contributed by atoms with Crippen molar-refractivity contribution in [2.24, 2.45) is 17.3 Å². The van der Waals surface area contributed by atoms with E-state index in [1.54, 1.807) is 24.3 Å². The second-order valence-electron chi connectivity index (χ2n) is 9.48. The van der Waals surface area contributed by atoms with Gasteiger partial charge in [-0.25, -0.2) is 4.98 Å². The van der Waals surface area contributed by atoms with Crippen LogP contribution in [0, 0.1) is 24.2 Å². The number of hydrogen-bond acceptors (Lipinski definition) is 10. The first kappa shape index (κ1) is 23.4. The van der Waals surface area contributed by atoms with E-state index < -0.39 is 0 Å². The molecular formula is C24H32N8O3. The van der Waals surface area contributed by atoms with Crippen molar-refractivity contribution in [3.05, 3.63) is 42.6 Å². The summed E-state index contributed by atoms with van der Waals surface area (Å²) in [6.45, 7) is 9.24. The third kappa shape index (κ3) is 5.04. The molecule has 2 atom stereocenters. The summed E-state index contributed by atoms with van der Waals surface area (Å²) in [6.07, 6.45) is 10.5. The van der Waals surface area contributed by atoms with Crippen LogP contribution in [0.1, 0.15) is 37.1 Å². The fourth-order valence-corrected chi connectivity index (χ4v) is 5.21. The van der Waals surface area contributed by atoms with E-state index in [0.717, 1.165) is 43.6 Å². The predicted molar refractivity (Wildman–Crippen MR) is 127 cm³/mol. The highest BCUT2D eigenvalue weighted by Gasteiger charge is 2.55. The Morgan fingerprint density at radius 1 is 1.29 bits per heavy atom. The van der Waals surface area contributed by atoms with Crippen LogP contribution < -0.4 is 9.64 Å². The van der Waals surface area contributed by atoms with Crippen molar-refractivity contribution in [1.82, 2.24) is 35.3 Å². The standard InChI is InChI=1S/C24H32N8O3/c1-4-24(8-12-34-22-17(2)13-19(15-25-22)32-16-26-29-30-32)14-20(24)18-5-9-31(10-6-18)23-27-21(28-35-23)7-11-33-3/h4,13,15-16,18,20H,1,5-12,14H2,2-3H3. The minimum absolute atomic E-state index is 0.158. The molecule has 1 saturated carbocycles. The molecule has 0 N–H and O–H groups in total. The van der Waals surface area contributed by atoms with E-state index in [2.05, 4.69) is 48.2 Å². The smallest absolute Gasteiger partial charge is 0.324 e. The number of piperidine rings is 1. The highest BCUT2D eigenvalue weighted by Crippen LogP contribution is 2.61. The molecule has 1 aliphatic carbocycles. The first-order chi connectivity index (χ1) is 17.1. The van der Waals surface area contributed by atoms with Crippen molar-refractivity contribution in [3.63, 3.8) is 0 Å². The zero-order chi connectivity index (χ0) is 24.3. The van der Waals surface area contributed by atoms with Gasteiger partial charge in [-0.2, -0.15) is 9.67 Å². The molecule has 35 heavy (non-hydrogen) atoms. The van der Waals surface area contributed by atoms with Crippen molar-refractivity contribution in [3.8, 4) is 11.6 Å². The van der Waals surface area contributed by atoms with Gasteiger partial charge in [-0.3, -0.25) is 0 Å². The van der Waals surface area contributed by atoms with Crippen LogP contribution in [-0.4, -0.2) is 68.7 Å². The molecule has 0 bridgehead atoms. The molecular weight excluding hydrogens is 448 g/mol. The van der Waals surface area contributed by atoms with Gasteiger partial charge in [-0.15, -0.1) is 11.7 Å². The van der Waals surface area contributed by atoms with E-state index in [-0.39, 0.29) is 5.41 Å². The number of pyridine rings is 1. The third-order valence-corrected chi connectivity index (χ3v) is 7.39. The summed E-state index contributed by atoms with van der Waals surface area (Å²) in [6, 6.07) is 2.60. The van der Waals surface area contributed by atoms with E-state index in [0.29, 0.717) is 49.2 Å². The number of anilines is 1. The molecule has 3 aromatic heterocycles. The minimum atomic E-state index is 0.158. The fourth-order valence-electron chi connectivity index (χ4n) is 5.21. The van der Waals surface area contributed by atoms with Crippen LogP contribution in [0.3, 0.4) is 0 Å². The minimum Gasteiger partial charge on any atom is -0.477 e. The highest BCUT2D eigenvalue weighted by molar-refractivity contribution is 5.36. The molecule has 5 rings (SSSR count). The summed E-state index contributed by atoms with van der Waals surface area (Å²) >= 11 is 0. The fraction of sp³-hybridized carbons (Fsp3) is 0.583. The van der Waals surface area contributed by atoms with Crippen molar-refractivity contribution in [2.75, 3.05) is 38.3 Å². The van der Waals surface area contributed by atoms with Gasteiger partial charge in [0.15, 0.2) is 5.82 Å². The van der Waals surface area contributed by atoms with Crippen molar-refractivity contribution < 1.29 is 14.0 Å². The van der Waals surface area contributed by atoms with Crippen LogP contribution in [-0.2, 0) is 11.2 Å². The monoisotopic (exact) mass is 480 g/mol. The number of rotatable bonds is 11. The van der Waals surface area contributed by atoms with Gasteiger partial charge in [0, 0.05) is 32.2 Å². The second-order valence-corrected chi connectivity index (χ2v) is 9.48. The van der Waals surface area contributed by atoms with Crippen LogP contribution in [0.2, 0.25) is 0 Å². The topological polar surface area (TPSA) is 117 Å². The molecule has 2 fully saturated rings. The van der Waals surface area contributed by atoms with Crippen molar-refractivity contribution in [1.29, 1.82) is 0 Å². The van der Waals surface area contributed by atoms with Crippen LogP contribution in [0.25, 0.3) is 5.69 Å². The van der Waals surface area contributed by atoms with Crippen LogP contribution in [0.4, 0.5) is 6.01 Å². The van der Waals surface area contributed by atoms with Crippen molar-refractivity contribution in [2.45, 2.75) is 39.0 Å². The van der Waals surface area contributed by atoms with Gasteiger partial charge in [-0.05, 0) is 66.4 Å². The molecule has 11 heteroatoms. The highest BCUT2D eigenvalue weighted by atomic mass is 16.5. The Hall–Kier alpha value is -3.34. The number of hydrogen-bond donors (Lipinski definition) is 0. The molecule has 0 spiro atoms. The molecule has 0 amide bonds. The van der Waals surface area contributed by atoms with Crippen LogP contribution in [0.5, 0.6) is 5.88 Å². The SMILES string of the molecule is C=CC1(CCOc2ncc(-n3cnnn3)cc2C)CC1C1CCN(c2nc(CCOC)no2)CC1. The average molecular weight is 481 g/mol. The van der Waals surface area contributed by atoms with Gasteiger partial charge in [0.25, 0.3) is 0 Å². The maximum Gasteiger partial charge on any atom is 0.324 e. The van der Waals surface area contributed by atoms with Gasteiger partial charge < -0.3 is 18.9 Å². The Balaban J connectivity index is 1.10. The summed E-state index contributed by atoms with van der Waals surface area (Å²) in [7, 11) is 1.67. The summed E-state index contributed by atoms with van der Waals surface area (Å²) < 4.78 is 18.2. The van der Waals surface area contributed by atoms with Gasteiger partial charge in [-0.1, -0.05) is 11.2 Å². The lowest BCUT2D eigenvalue weighted by molar-refractivity contribution is 0.199. The maximum absolute atomic E-state index is 6.06. The molecule has 2 aliphatic rings. The Kier molecular flexibility index (Phi) is 6.76. The average Bonchev–Trinajstić information content (AvgIpc) is 3.23. The molecule has 186 valence electrons. The summed E-state index contributed by atoms with van der Waals surface area (Å²) in [5.74, 6) is 2.68.